The van der Waals surface area contributed by atoms with Gasteiger partial charge in [0.1, 0.15) is 0 Å². The average molecular weight is 329 g/mol. The highest BCUT2D eigenvalue weighted by atomic mass is 16.7. The van der Waals surface area contributed by atoms with Gasteiger partial charge in [0, 0.05) is 25.7 Å². The predicted molar refractivity (Wildman–Crippen MR) is 88.2 cm³/mol. The molecule has 24 heavy (non-hydrogen) atoms. The highest BCUT2D eigenvalue weighted by Crippen LogP contribution is 2.32. The molecule has 1 aliphatic carbocycles. The van der Waals surface area contributed by atoms with E-state index in [2.05, 4.69) is 34.5 Å². The van der Waals surface area contributed by atoms with E-state index in [4.69, 9.17) is 9.25 Å². The van der Waals surface area contributed by atoms with Gasteiger partial charge in [0.05, 0.1) is 13.7 Å². The van der Waals surface area contributed by atoms with Crippen LogP contribution in [-0.4, -0.2) is 34.8 Å². The molecular weight excluding hydrogens is 306 g/mol. The number of rotatable bonds is 6. The molecule has 1 heterocycles. The molecule has 1 atom stereocenters. The molecular formula is C18H23N3O3. The first kappa shape index (κ1) is 16.6. The van der Waals surface area contributed by atoms with Crippen LogP contribution in [0.5, 0.6) is 0 Å². The van der Waals surface area contributed by atoms with E-state index in [1.807, 2.05) is 0 Å². The number of fused-ring (bicyclic) bond motifs is 1. The Morgan fingerprint density at radius 1 is 1.38 bits per heavy atom. The number of carbonyl (C=O) groups is 1. The van der Waals surface area contributed by atoms with Crippen molar-refractivity contribution in [3.8, 4) is 0 Å². The van der Waals surface area contributed by atoms with Crippen LogP contribution in [-0.2, 0) is 22.5 Å². The molecule has 1 amide bonds. The van der Waals surface area contributed by atoms with Crippen molar-refractivity contribution in [1.82, 2.24) is 15.3 Å². The van der Waals surface area contributed by atoms with Crippen LogP contribution in [0.15, 0.2) is 28.7 Å². The highest BCUT2D eigenvalue weighted by molar-refractivity contribution is 5.75. The third kappa shape index (κ3) is 3.82. The summed E-state index contributed by atoms with van der Waals surface area (Å²) < 4.78 is 5.31. The van der Waals surface area contributed by atoms with Gasteiger partial charge in [-0.25, -0.2) is 5.06 Å². The fraction of sp³-hybridized carbons (Fsp3) is 0.500. The van der Waals surface area contributed by atoms with E-state index in [-0.39, 0.29) is 5.91 Å². The Balaban J connectivity index is 1.61. The number of aromatic nitrogens is 2. The summed E-state index contributed by atoms with van der Waals surface area (Å²) in [6, 6.07) is 8.48. The van der Waals surface area contributed by atoms with Crippen molar-refractivity contribution in [3.63, 3.8) is 0 Å². The summed E-state index contributed by atoms with van der Waals surface area (Å²) in [6.07, 6.45) is 4.07. The smallest absolute Gasteiger partial charge is 0.246 e. The summed E-state index contributed by atoms with van der Waals surface area (Å²) in [5.74, 6) is 1.26. The molecule has 1 aromatic heterocycles. The molecule has 0 fully saturated rings. The van der Waals surface area contributed by atoms with Gasteiger partial charge in [-0.2, -0.15) is 0 Å². The number of hydroxylamine groups is 2. The molecule has 0 aliphatic heterocycles. The predicted octanol–water partition coefficient (Wildman–Crippen LogP) is 2.82. The van der Waals surface area contributed by atoms with E-state index in [9.17, 15) is 4.79 Å². The fourth-order valence-corrected chi connectivity index (χ4v) is 3.30. The van der Waals surface area contributed by atoms with Crippen molar-refractivity contribution in [2.45, 2.75) is 44.9 Å². The molecule has 1 unspecified atom stereocenters. The molecule has 0 bridgehead atoms. The van der Waals surface area contributed by atoms with E-state index < -0.39 is 0 Å². The monoisotopic (exact) mass is 329 g/mol. The van der Waals surface area contributed by atoms with Crippen LogP contribution in [0, 0.1) is 6.92 Å². The van der Waals surface area contributed by atoms with Gasteiger partial charge in [-0.3, -0.25) is 9.63 Å². The second kappa shape index (κ2) is 7.57. The van der Waals surface area contributed by atoms with Gasteiger partial charge in [0.2, 0.25) is 17.7 Å². The molecule has 6 heteroatoms. The number of hydrogen-bond acceptors (Lipinski definition) is 5. The number of amides is 1. The average Bonchev–Trinajstić information content (AvgIpc) is 3.03. The summed E-state index contributed by atoms with van der Waals surface area (Å²) in [5, 5.41) is 9.16. The lowest BCUT2D eigenvalue weighted by Gasteiger charge is -2.30. The summed E-state index contributed by atoms with van der Waals surface area (Å²) in [5.41, 5.74) is 2.73. The largest absolute Gasteiger partial charge is 0.426 e. The van der Waals surface area contributed by atoms with Crippen LogP contribution in [0.1, 0.15) is 48.1 Å². The fourth-order valence-electron chi connectivity index (χ4n) is 3.30. The van der Waals surface area contributed by atoms with Gasteiger partial charge in [-0.15, -0.1) is 10.2 Å². The van der Waals surface area contributed by atoms with E-state index in [0.29, 0.717) is 37.1 Å². The SMILES string of the molecule is CON(CC1CCCc2ccccc21)C(=O)CCc1nnc(C)o1. The summed E-state index contributed by atoms with van der Waals surface area (Å²) in [7, 11) is 1.55. The Kier molecular flexibility index (Phi) is 5.25. The van der Waals surface area contributed by atoms with Crippen molar-refractivity contribution >= 4 is 5.91 Å². The van der Waals surface area contributed by atoms with E-state index in [1.54, 1.807) is 14.0 Å². The van der Waals surface area contributed by atoms with Crippen molar-refractivity contribution < 1.29 is 14.0 Å². The Morgan fingerprint density at radius 2 is 2.21 bits per heavy atom. The maximum Gasteiger partial charge on any atom is 0.246 e. The third-order valence-corrected chi connectivity index (χ3v) is 4.50. The number of hydrogen-bond donors (Lipinski definition) is 0. The zero-order chi connectivity index (χ0) is 16.9. The number of carbonyl (C=O) groups excluding carboxylic acids is 1. The topological polar surface area (TPSA) is 68.5 Å². The van der Waals surface area contributed by atoms with Crippen molar-refractivity contribution in [3.05, 3.63) is 47.2 Å². The minimum atomic E-state index is -0.0589. The van der Waals surface area contributed by atoms with Crippen LogP contribution < -0.4 is 0 Å². The minimum absolute atomic E-state index is 0.0589. The summed E-state index contributed by atoms with van der Waals surface area (Å²) >= 11 is 0. The molecule has 128 valence electrons. The molecule has 0 saturated heterocycles. The van der Waals surface area contributed by atoms with Gasteiger partial charge >= 0.3 is 0 Å². The van der Waals surface area contributed by atoms with E-state index in [1.165, 1.54) is 16.2 Å². The first-order chi connectivity index (χ1) is 11.7. The Hall–Kier alpha value is -2.21. The lowest BCUT2D eigenvalue weighted by molar-refractivity contribution is -0.177. The Morgan fingerprint density at radius 3 is 2.96 bits per heavy atom. The van der Waals surface area contributed by atoms with Crippen LogP contribution in [0.3, 0.4) is 0 Å². The van der Waals surface area contributed by atoms with E-state index in [0.717, 1.165) is 19.3 Å². The van der Waals surface area contributed by atoms with Gasteiger partial charge in [0.15, 0.2) is 0 Å². The summed E-state index contributed by atoms with van der Waals surface area (Å²) in [6.45, 7) is 2.31. The van der Waals surface area contributed by atoms with Crippen LogP contribution in [0.2, 0.25) is 0 Å². The van der Waals surface area contributed by atoms with Crippen molar-refractivity contribution in [1.29, 1.82) is 0 Å². The standard InChI is InChI=1S/C18H23N3O3/c1-13-19-20-17(24-13)10-11-18(22)21(23-2)12-15-8-5-7-14-6-3-4-9-16(14)15/h3-4,6,9,15H,5,7-8,10-12H2,1-2H3. The highest BCUT2D eigenvalue weighted by Gasteiger charge is 2.25. The minimum Gasteiger partial charge on any atom is -0.426 e. The van der Waals surface area contributed by atoms with Gasteiger partial charge < -0.3 is 4.42 Å². The Bertz CT molecular complexity index is 698. The maximum atomic E-state index is 12.5. The summed E-state index contributed by atoms with van der Waals surface area (Å²) in [4.78, 5) is 17.8. The van der Waals surface area contributed by atoms with Crippen LogP contribution in [0.25, 0.3) is 0 Å². The normalized spacial score (nSPS) is 16.7. The van der Waals surface area contributed by atoms with Crippen molar-refractivity contribution in [2.75, 3.05) is 13.7 Å². The lowest BCUT2D eigenvalue weighted by atomic mass is 9.83. The van der Waals surface area contributed by atoms with Crippen LogP contribution >= 0.6 is 0 Å². The maximum absolute atomic E-state index is 12.5. The van der Waals surface area contributed by atoms with Gasteiger partial charge in [-0.1, -0.05) is 24.3 Å². The molecule has 0 saturated carbocycles. The molecule has 2 aromatic rings. The molecule has 1 aromatic carbocycles. The first-order valence-corrected chi connectivity index (χ1v) is 8.38. The number of aryl methyl sites for hydroxylation is 3. The Labute approximate surface area is 141 Å². The first-order valence-electron chi connectivity index (χ1n) is 8.38. The molecule has 3 rings (SSSR count). The van der Waals surface area contributed by atoms with Gasteiger partial charge in [-0.05, 0) is 30.4 Å². The second-order valence-electron chi connectivity index (χ2n) is 6.14. The second-order valence-corrected chi connectivity index (χ2v) is 6.14. The number of nitrogens with zero attached hydrogens (tertiary/aromatic N) is 3. The quantitative estimate of drug-likeness (QED) is 0.762. The third-order valence-electron chi connectivity index (χ3n) is 4.50. The molecule has 6 nitrogen and oxygen atoms in total. The van der Waals surface area contributed by atoms with Crippen LogP contribution in [0.4, 0.5) is 0 Å². The zero-order valence-corrected chi connectivity index (χ0v) is 14.2. The van der Waals surface area contributed by atoms with Gasteiger partial charge in [0.25, 0.3) is 0 Å². The zero-order valence-electron chi connectivity index (χ0n) is 14.2. The molecule has 1 aliphatic rings. The van der Waals surface area contributed by atoms with Crippen molar-refractivity contribution in [2.24, 2.45) is 0 Å². The molecule has 0 radical (unpaired) electrons. The molecule has 0 N–H and O–H groups in total. The number of benzene rings is 1. The van der Waals surface area contributed by atoms with E-state index >= 15 is 0 Å². The lowest BCUT2D eigenvalue weighted by Crippen LogP contribution is -2.35. The molecule has 0 spiro atoms.